The number of carbonyl (C=O) groups is 1. The summed E-state index contributed by atoms with van der Waals surface area (Å²) >= 11 is 3.27. The minimum Gasteiger partial charge on any atom is -0.481 e. The molecular formula is C15H11BrF2O2. The van der Waals surface area contributed by atoms with Crippen LogP contribution in [0, 0.1) is 11.6 Å². The summed E-state index contributed by atoms with van der Waals surface area (Å²) in [6, 6.07) is 9.96. The molecule has 1 atom stereocenters. The van der Waals surface area contributed by atoms with E-state index < -0.39 is 23.5 Å². The van der Waals surface area contributed by atoms with Gasteiger partial charge in [0.15, 0.2) is 0 Å². The predicted molar refractivity (Wildman–Crippen MR) is 74.6 cm³/mol. The van der Waals surface area contributed by atoms with Crippen LogP contribution in [-0.2, 0) is 11.2 Å². The molecule has 2 aromatic rings. The van der Waals surface area contributed by atoms with Crippen molar-refractivity contribution < 1.29 is 18.7 Å². The van der Waals surface area contributed by atoms with Gasteiger partial charge in [0.05, 0.1) is 5.92 Å². The topological polar surface area (TPSA) is 37.3 Å². The Hall–Kier alpha value is -1.75. The maximum Gasteiger partial charge on any atom is 0.311 e. The van der Waals surface area contributed by atoms with Crippen LogP contribution in [-0.4, -0.2) is 11.1 Å². The second kappa shape index (κ2) is 6.13. The number of halogens is 3. The summed E-state index contributed by atoms with van der Waals surface area (Å²) in [5.74, 6) is -3.32. The molecule has 0 aliphatic heterocycles. The standard InChI is InChI=1S/C15H11BrF2O2/c16-11-4-1-9(2-5-11)13(15(19)20)7-10-3-6-12(17)8-14(10)18/h1-6,8,13H,7H2,(H,19,20). The molecule has 0 fully saturated rings. The Balaban J connectivity index is 2.30. The van der Waals surface area contributed by atoms with Crippen molar-refractivity contribution in [1.29, 1.82) is 0 Å². The van der Waals surface area contributed by atoms with Crippen LogP contribution in [0.25, 0.3) is 0 Å². The van der Waals surface area contributed by atoms with E-state index in [1.807, 2.05) is 0 Å². The quantitative estimate of drug-likeness (QED) is 0.908. The number of rotatable bonds is 4. The molecular weight excluding hydrogens is 330 g/mol. The number of hydrogen-bond acceptors (Lipinski definition) is 1. The van der Waals surface area contributed by atoms with Crippen LogP contribution < -0.4 is 0 Å². The lowest BCUT2D eigenvalue weighted by atomic mass is 9.92. The molecule has 104 valence electrons. The zero-order chi connectivity index (χ0) is 14.7. The fraction of sp³-hybridized carbons (Fsp3) is 0.133. The van der Waals surface area contributed by atoms with Gasteiger partial charge in [0.2, 0.25) is 0 Å². The SMILES string of the molecule is O=C(O)C(Cc1ccc(F)cc1F)c1ccc(Br)cc1. The largest absolute Gasteiger partial charge is 0.481 e. The molecule has 0 aromatic heterocycles. The third kappa shape index (κ3) is 3.42. The fourth-order valence-electron chi connectivity index (χ4n) is 1.95. The van der Waals surface area contributed by atoms with Crippen molar-refractivity contribution in [3.05, 3.63) is 69.7 Å². The van der Waals surface area contributed by atoms with Gasteiger partial charge in [-0.05, 0) is 35.7 Å². The van der Waals surface area contributed by atoms with Gasteiger partial charge in [0.25, 0.3) is 0 Å². The van der Waals surface area contributed by atoms with E-state index in [9.17, 15) is 18.7 Å². The van der Waals surface area contributed by atoms with E-state index in [0.717, 1.165) is 16.6 Å². The van der Waals surface area contributed by atoms with Gasteiger partial charge >= 0.3 is 5.97 Å². The van der Waals surface area contributed by atoms with Gasteiger partial charge in [0, 0.05) is 10.5 Å². The highest BCUT2D eigenvalue weighted by Crippen LogP contribution is 2.24. The summed E-state index contributed by atoms with van der Waals surface area (Å²) < 4.78 is 27.3. The van der Waals surface area contributed by atoms with Crippen LogP contribution in [0.2, 0.25) is 0 Å². The molecule has 0 heterocycles. The second-order valence-corrected chi connectivity index (χ2v) is 5.30. The minimum absolute atomic E-state index is 0.0247. The van der Waals surface area contributed by atoms with Gasteiger partial charge in [-0.3, -0.25) is 4.79 Å². The molecule has 2 aromatic carbocycles. The van der Waals surface area contributed by atoms with Crippen LogP contribution >= 0.6 is 15.9 Å². The minimum atomic E-state index is -1.05. The molecule has 2 nitrogen and oxygen atoms in total. The van der Waals surface area contributed by atoms with E-state index in [4.69, 9.17) is 0 Å². The molecule has 0 bridgehead atoms. The first kappa shape index (κ1) is 14.7. The molecule has 0 aliphatic carbocycles. The van der Waals surface area contributed by atoms with Crippen LogP contribution in [0.5, 0.6) is 0 Å². The molecule has 0 aliphatic rings. The number of hydrogen-bond donors (Lipinski definition) is 1. The van der Waals surface area contributed by atoms with E-state index in [0.29, 0.717) is 5.56 Å². The summed E-state index contributed by atoms with van der Waals surface area (Å²) in [5.41, 5.74) is 0.756. The second-order valence-electron chi connectivity index (χ2n) is 4.38. The summed E-state index contributed by atoms with van der Waals surface area (Å²) in [6.07, 6.45) is -0.0247. The Morgan fingerprint density at radius 2 is 1.80 bits per heavy atom. The van der Waals surface area contributed by atoms with E-state index in [-0.39, 0.29) is 12.0 Å². The monoisotopic (exact) mass is 340 g/mol. The Bertz CT molecular complexity index is 626. The van der Waals surface area contributed by atoms with Crippen molar-refractivity contribution in [3.63, 3.8) is 0 Å². The molecule has 0 amide bonds. The number of benzene rings is 2. The summed E-state index contributed by atoms with van der Waals surface area (Å²) in [4.78, 5) is 11.4. The van der Waals surface area contributed by atoms with E-state index in [1.165, 1.54) is 6.07 Å². The van der Waals surface area contributed by atoms with Gasteiger partial charge < -0.3 is 5.11 Å². The molecule has 2 rings (SSSR count). The lowest BCUT2D eigenvalue weighted by molar-refractivity contribution is -0.138. The Labute approximate surface area is 123 Å². The van der Waals surface area contributed by atoms with E-state index in [2.05, 4.69) is 15.9 Å². The van der Waals surface area contributed by atoms with Crippen LogP contribution in [0.1, 0.15) is 17.0 Å². The number of aliphatic carboxylic acids is 1. The Kier molecular flexibility index (Phi) is 4.49. The van der Waals surface area contributed by atoms with Gasteiger partial charge in [-0.25, -0.2) is 8.78 Å². The first-order chi connectivity index (χ1) is 9.47. The third-order valence-electron chi connectivity index (χ3n) is 3.01. The summed E-state index contributed by atoms with van der Waals surface area (Å²) in [5, 5.41) is 9.29. The van der Waals surface area contributed by atoms with Crippen molar-refractivity contribution in [1.82, 2.24) is 0 Å². The van der Waals surface area contributed by atoms with Crippen molar-refractivity contribution in [3.8, 4) is 0 Å². The van der Waals surface area contributed by atoms with Gasteiger partial charge in [-0.2, -0.15) is 0 Å². The van der Waals surface area contributed by atoms with Crippen molar-refractivity contribution in [2.75, 3.05) is 0 Å². The highest BCUT2D eigenvalue weighted by Gasteiger charge is 2.22. The molecule has 0 spiro atoms. The average Bonchev–Trinajstić information content (AvgIpc) is 2.39. The lowest BCUT2D eigenvalue weighted by Gasteiger charge is -2.13. The molecule has 0 radical (unpaired) electrons. The molecule has 0 saturated carbocycles. The Morgan fingerprint density at radius 3 is 2.35 bits per heavy atom. The van der Waals surface area contributed by atoms with Gasteiger partial charge in [-0.15, -0.1) is 0 Å². The van der Waals surface area contributed by atoms with E-state index in [1.54, 1.807) is 24.3 Å². The smallest absolute Gasteiger partial charge is 0.311 e. The van der Waals surface area contributed by atoms with Crippen LogP contribution in [0.3, 0.4) is 0 Å². The van der Waals surface area contributed by atoms with Crippen LogP contribution in [0.4, 0.5) is 8.78 Å². The maximum absolute atomic E-state index is 13.6. The number of carboxylic acid groups (broad SMARTS) is 1. The normalized spacial score (nSPS) is 12.2. The van der Waals surface area contributed by atoms with Crippen molar-refractivity contribution >= 4 is 21.9 Å². The Morgan fingerprint density at radius 1 is 1.15 bits per heavy atom. The zero-order valence-corrected chi connectivity index (χ0v) is 11.9. The fourth-order valence-corrected chi connectivity index (χ4v) is 2.21. The maximum atomic E-state index is 13.6. The molecule has 0 saturated heterocycles. The number of carboxylic acids is 1. The van der Waals surface area contributed by atoms with Crippen molar-refractivity contribution in [2.45, 2.75) is 12.3 Å². The molecule has 20 heavy (non-hydrogen) atoms. The first-order valence-electron chi connectivity index (χ1n) is 5.89. The van der Waals surface area contributed by atoms with Gasteiger partial charge in [-0.1, -0.05) is 34.1 Å². The van der Waals surface area contributed by atoms with Crippen LogP contribution in [0.15, 0.2) is 46.9 Å². The summed E-state index contributed by atoms with van der Waals surface area (Å²) in [6.45, 7) is 0. The average molecular weight is 341 g/mol. The predicted octanol–water partition coefficient (Wildman–Crippen LogP) is 4.14. The molecule has 1 N–H and O–H groups in total. The highest BCUT2D eigenvalue weighted by atomic mass is 79.9. The van der Waals surface area contributed by atoms with E-state index >= 15 is 0 Å². The van der Waals surface area contributed by atoms with Crippen molar-refractivity contribution in [2.24, 2.45) is 0 Å². The van der Waals surface area contributed by atoms with Gasteiger partial charge in [0.1, 0.15) is 11.6 Å². The third-order valence-corrected chi connectivity index (χ3v) is 3.54. The molecule has 5 heteroatoms. The first-order valence-corrected chi connectivity index (χ1v) is 6.69. The highest BCUT2D eigenvalue weighted by molar-refractivity contribution is 9.10. The zero-order valence-electron chi connectivity index (χ0n) is 10.3. The summed E-state index contributed by atoms with van der Waals surface area (Å²) in [7, 11) is 0. The lowest BCUT2D eigenvalue weighted by Crippen LogP contribution is -2.15. The molecule has 1 unspecified atom stereocenters.